The van der Waals surface area contributed by atoms with E-state index in [1.165, 1.54) is 4.88 Å². The Balaban J connectivity index is 3.03. The number of rotatable bonds is 1. The lowest BCUT2D eigenvalue weighted by Gasteiger charge is -1.93. The molecule has 1 nitrogen and oxygen atoms in total. The van der Waals surface area contributed by atoms with Gasteiger partial charge in [0.05, 0.1) is 20.6 Å². The maximum absolute atomic E-state index is 5.49. The van der Waals surface area contributed by atoms with Crippen LogP contribution in [-0.4, -0.2) is 15.7 Å². The number of hydrogen-bond acceptors (Lipinski definition) is 1. The molecule has 0 atom stereocenters. The summed E-state index contributed by atoms with van der Waals surface area (Å²) in [5.74, 6) is 0. The van der Waals surface area contributed by atoms with Crippen LogP contribution in [0.15, 0.2) is 6.07 Å². The third-order valence-corrected chi connectivity index (χ3v) is 2.23. The second kappa shape index (κ2) is 2.79. The summed E-state index contributed by atoms with van der Waals surface area (Å²) < 4.78 is 1.99. The van der Waals surface area contributed by atoms with E-state index in [0.29, 0.717) is 0 Å². The Bertz CT molecular complexity index is 232. The molecule has 10 heavy (non-hydrogen) atoms. The molecule has 1 aromatic rings. The molecule has 0 aliphatic carbocycles. The monoisotopic (exact) mass is 148 g/mol. The van der Waals surface area contributed by atoms with Gasteiger partial charge in [-0.25, -0.2) is 0 Å². The van der Waals surface area contributed by atoms with Gasteiger partial charge in [0, 0.05) is 6.07 Å². The summed E-state index contributed by atoms with van der Waals surface area (Å²) in [5, 5.41) is 0. The molecule has 1 aromatic heterocycles. The highest BCUT2D eigenvalue weighted by Crippen LogP contribution is 2.09. The molecule has 0 bridgehead atoms. The predicted molar refractivity (Wildman–Crippen MR) is 44.5 cm³/mol. The Labute approximate surface area is 68.0 Å². The highest BCUT2D eigenvalue weighted by molar-refractivity contribution is 7.01. The summed E-state index contributed by atoms with van der Waals surface area (Å²) in [4.78, 5) is 1.23. The molecule has 4 radical (unpaired) electrons. The smallest absolute Gasteiger partial charge is 0.142 e. The number of hydrogen-bond donors (Lipinski definition) is 0. The van der Waals surface area contributed by atoms with Crippen LogP contribution in [0.2, 0.25) is 0 Å². The third kappa shape index (κ3) is 1.43. The molecule has 0 aliphatic heterocycles. The maximum Gasteiger partial charge on any atom is 0.182 e. The molecule has 1 heterocycles. The van der Waals surface area contributed by atoms with Crippen LogP contribution in [0.3, 0.4) is 0 Å². The first-order chi connectivity index (χ1) is 4.61. The Morgan fingerprint density at radius 2 is 2.20 bits per heavy atom. The number of nitrogens with zero attached hydrogens (tertiary/aromatic N) is 1. The van der Waals surface area contributed by atoms with Crippen LogP contribution in [0.1, 0.15) is 16.3 Å². The lowest BCUT2D eigenvalue weighted by molar-refractivity contribution is -0.608. The minimum atomic E-state index is -0.352. The summed E-state index contributed by atoms with van der Waals surface area (Å²) in [6, 6.07) is 2.01. The van der Waals surface area contributed by atoms with Gasteiger partial charge in [0.25, 0.3) is 0 Å². The van der Waals surface area contributed by atoms with Crippen LogP contribution in [0.25, 0.3) is 0 Å². The minimum absolute atomic E-state index is 0.352. The standard InChI is InChI=1S/C6H8B2NS/c1-4-3-5(6(7)8)9(2)10-4/h3,6H,1-2H3/q+1. The van der Waals surface area contributed by atoms with Gasteiger partial charge in [0.1, 0.15) is 11.5 Å². The van der Waals surface area contributed by atoms with E-state index in [1.807, 2.05) is 24.0 Å². The third-order valence-electron chi connectivity index (χ3n) is 1.34. The molecule has 1 rings (SSSR count). The molecule has 0 N–H and O–H groups in total. The second-order valence-electron chi connectivity index (χ2n) is 2.29. The van der Waals surface area contributed by atoms with Crippen LogP contribution in [0, 0.1) is 6.92 Å². The van der Waals surface area contributed by atoms with Crippen molar-refractivity contribution in [3.8, 4) is 0 Å². The molecule has 48 valence electrons. The van der Waals surface area contributed by atoms with Gasteiger partial charge in [0.15, 0.2) is 12.7 Å². The van der Waals surface area contributed by atoms with Gasteiger partial charge >= 0.3 is 0 Å². The van der Waals surface area contributed by atoms with E-state index >= 15 is 0 Å². The Kier molecular flexibility index (Phi) is 2.19. The summed E-state index contributed by atoms with van der Waals surface area (Å²) in [6.45, 7) is 2.04. The fourth-order valence-electron chi connectivity index (χ4n) is 0.900. The van der Waals surface area contributed by atoms with Crippen LogP contribution >= 0.6 is 11.5 Å². The van der Waals surface area contributed by atoms with Crippen molar-refractivity contribution in [1.29, 1.82) is 0 Å². The van der Waals surface area contributed by atoms with Crippen molar-refractivity contribution in [2.45, 2.75) is 12.6 Å². The Morgan fingerprint density at radius 3 is 2.40 bits per heavy atom. The fraction of sp³-hybridized carbons (Fsp3) is 0.500. The van der Waals surface area contributed by atoms with Gasteiger partial charge in [-0.05, 0) is 12.6 Å². The van der Waals surface area contributed by atoms with Crippen LogP contribution in [0.4, 0.5) is 0 Å². The molecule has 4 heteroatoms. The Morgan fingerprint density at radius 1 is 1.60 bits per heavy atom. The van der Waals surface area contributed by atoms with E-state index in [9.17, 15) is 0 Å². The first kappa shape index (κ1) is 7.86. The van der Waals surface area contributed by atoms with E-state index in [1.54, 1.807) is 11.5 Å². The highest BCUT2D eigenvalue weighted by atomic mass is 32.1. The van der Waals surface area contributed by atoms with Gasteiger partial charge in [-0.2, -0.15) is 0 Å². The quantitative estimate of drug-likeness (QED) is 0.396. The Hall–Kier alpha value is -0.240. The molecule has 0 saturated carbocycles. The predicted octanol–water partition coefficient (Wildman–Crippen LogP) is 0.217. The van der Waals surface area contributed by atoms with Crippen molar-refractivity contribution in [2.24, 2.45) is 7.05 Å². The van der Waals surface area contributed by atoms with Crippen LogP contribution < -0.4 is 3.96 Å². The van der Waals surface area contributed by atoms with Crippen molar-refractivity contribution in [3.05, 3.63) is 16.6 Å². The average molecular weight is 148 g/mol. The molecule has 0 spiro atoms. The summed E-state index contributed by atoms with van der Waals surface area (Å²) in [6.07, 6.45) is 0. The molecular formula is C6H8B2NS+. The summed E-state index contributed by atoms with van der Waals surface area (Å²) in [7, 11) is 12.9. The van der Waals surface area contributed by atoms with Gasteiger partial charge in [-0.3, -0.25) is 0 Å². The minimum Gasteiger partial charge on any atom is -0.142 e. The molecule has 0 saturated heterocycles. The molecule has 0 unspecified atom stereocenters. The van der Waals surface area contributed by atoms with E-state index < -0.39 is 0 Å². The van der Waals surface area contributed by atoms with Gasteiger partial charge < -0.3 is 0 Å². The van der Waals surface area contributed by atoms with Crippen molar-refractivity contribution >= 4 is 27.2 Å². The van der Waals surface area contributed by atoms with Crippen molar-refractivity contribution in [1.82, 2.24) is 0 Å². The van der Waals surface area contributed by atoms with E-state index in [2.05, 4.69) is 0 Å². The van der Waals surface area contributed by atoms with Crippen molar-refractivity contribution in [3.63, 3.8) is 0 Å². The SMILES string of the molecule is [B]C([B])c1cc(C)s[n+]1C. The topological polar surface area (TPSA) is 3.88 Å². The zero-order valence-corrected chi connectivity index (χ0v) is 6.98. The van der Waals surface area contributed by atoms with Gasteiger partial charge in [0.2, 0.25) is 0 Å². The molecular weight excluding hydrogens is 140 g/mol. The zero-order chi connectivity index (χ0) is 7.72. The van der Waals surface area contributed by atoms with Crippen molar-refractivity contribution in [2.75, 3.05) is 0 Å². The second-order valence-corrected chi connectivity index (χ2v) is 3.67. The van der Waals surface area contributed by atoms with Crippen molar-refractivity contribution < 1.29 is 3.96 Å². The fourth-order valence-corrected chi connectivity index (χ4v) is 1.79. The molecule has 0 aromatic carbocycles. The van der Waals surface area contributed by atoms with E-state index in [-0.39, 0.29) is 5.72 Å². The van der Waals surface area contributed by atoms with Crippen LogP contribution in [-0.2, 0) is 7.05 Å². The molecule has 0 amide bonds. The van der Waals surface area contributed by atoms with E-state index in [4.69, 9.17) is 15.7 Å². The first-order valence-electron chi connectivity index (χ1n) is 3.09. The average Bonchev–Trinajstić information content (AvgIpc) is 2.10. The largest absolute Gasteiger partial charge is 0.182 e. The van der Waals surface area contributed by atoms with Gasteiger partial charge in [-0.15, -0.1) is 3.96 Å². The number of aryl methyl sites for hydroxylation is 2. The zero-order valence-electron chi connectivity index (χ0n) is 6.16. The first-order valence-corrected chi connectivity index (χ1v) is 3.86. The maximum atomic E-state index is 5.49. The van der Waals surface area contributed by atoms with E-state index in [0.717, 1.165) is 5.69 Å². The molecule has 0 aliphatic rings. The van der Waals surface area contributed by atoms with Gasteiger partial charge in [-0.1, -0.05) is 0 Å². The summed E-state index contributed by atoms with van der Waals surface area (Å²) >= 11 is 1.65. The van der Waals surface area contributed by atoms with Crippen LogP contribution in [0.5, 0.6) is 0 Å². The highest BCUT2D eigenvalue weighted by Gasteiger charge is 2.13. The lowest BCUT2D eigenvalue weighted by Crippen LogP contribution is -2.29. The normalized spacial score (nSPS) is 10.7. The lowest BCUT2D eigenvalue weighted by atomic mass is 9.69. The molecule has 0 fully saturated rings. The summed E-state index contributed by atoms with van der Waals surface area (Å²) in [5.41, 5.74) is 0.637. The number of aromatic nitrogens is 1.